The maximum absolute atomic E-state index is 12.5. The third-order valence-corrected chi connectivity index (χ3v) is 5.20. The predicted octanol–water partition coefficient (Wildman–Crippen LogP) is 3.16. The standard InChI is InChI=1S/C20H18N4O3S/c1-2-9-24-19(15-6-4-8-21-11-15)22-23-20(24)28-12-16(25)10-14-5-3-7-17-18(14)27-13-26-17/h2-8,11H,1,9-10,12-13H2. The summed E-state index contributed by atoms with van der Waals surface area (Å²) in [5.74, 6) is 2.41. The van der Waals surface area contributed by atoms with E-state index in [1.165, 1.54) is 11.8 Å². The van der Waals surface area contributed by atoms with Crippen LogP contribution in [0.2, 0.25) is 0 Å². The number of hydrogen-bond acceptors (Lipinski definition) is 7. The number of aromatic nitrogens is 4. The second-order valence-electron chi connectivity index (χ2n) is 6.10. The van der Waals surface area contributed by atoms with Gasteiger partial charge in [-0.1, -0.05) is 30.0 Å². The molecule has 1 aromatic carbocycles. The summed E-state index contributed by atoms with van der Waals surface area (Å²) in [6.07, 6.45) is 5.51. The van der Waals surface area contributed by atoms with E-state index < -0.39 is 0 Å². The fourth-order valence-electron chi connectivity index (χ4n) is 2.94. The van der Waals surface area contributed by atoms with E-state index in [1.807, 2.05) is 34.9 Å². The number of allylic oxidation sites excluding steroid dienone is 1. The average Bonchev–Trinajstić information content (AvgIpc) is 3.35. The van der Waals surface area contributed by atoms with Crippen molar-refractivity contribution in [1.29, 1.82) is 0 Å². The summed E-state index contributed by atoms with van der Waals surface area (Å²) in [6.45, 7) is 4.54. The largest absolute Gasteiger partial charge is 0.454 e. The van der Waals surface area contributed by atoms with E-state index in [1.54, 1.807) is 18.5 Å². The smallest absolute Gasteiger partial charge is 0.231 e. The van der Waals surface area contributed by atoms with E-state index in [-0.39, 0.29) is 24.7 Å². The Hall–Kier alpha value is -3.13. The van der Waals surface area contributed by atoms with E-state index in [0.717, 1.165) is 11.1 Å². The Labute approximate surface area is 166 Å². The minimum Gasteiger partial charge on any atom is -0.454 e. The van der Waals surface area contributed by atoms with Gasteiger partial charge in [0.2, 0.25) is 6.79 Å². The third-order valence-electron chi connectivity index (χ3n) is 4.18. The number of benzene rings is 1. The third kappa shape index (κ3) is 3.77. The molecule has 1 aliphatic rings. The van der Waals surface area contributed by atoms with Gasteiger partial charge in [-0.25, -0.2) is 0 Å². The molecule has 0 atom stereocenters. The molecule has 0 aliphatic carbocycles. The van der Waals surface area contributed by atoms with Crippen LogP contribution in [0.5, 0.6) is 11.5 Å². The number of rotatable bonds is 8. The van der Waals surface area contributed by atoms with Crippen LogP contribution in [0, 0.1) is 0 Å². The van der Waals surface area contributed by atoms with E-state index in [4.69, 9.17) is 9.47 Å². The second-order valence-corrected chi connectivity index (χ2v) is 7.04. The zero-order valence-corrected chi connectivity index (χ0v) is 15.9. The highest BCUT2D eigenvalue weighted by molar-refractivity contribution is 7.99. The van der Waals surface area contributed by atoms with Crippen LogP contribution in [0.4, 0.5) is 0 Å². The lowest BCUT2D eigenvalue weighted by molar-refractivity contribution is -0.116. The first kappa shape index (κ1) is 18.2. The lowest BCUT2D eigenvalue weighted by Gasteiger charge is -2.08. The quantitative estimate of drug-likeness (QED) is 0.429. The minimum atomic E-state index is 0.0741. The van der Waals surface area contributed by atoms with Gasteiger partial charge in [-0.3, -0.25) is 14.3 Å². The Bertz CT molecular complexity index is 1000. The van der Waals surface area contributed by atoms with Crippen LogP contribution >= 0.6 is 11.8 Å². The highest BCUT2D eigenvalue weighted by Crippen LogP contribution is 2.35. The number of fused-ring (bicyclic) bond motifs is 1. The molecule has 142 valence electrons. The SMILES string of the molecule is C=CCn1c(SCC(=O)Cc2cccc3c2OCO3)nnc1-c1cccnc1. The zero-order valence-electron chi connectivity index (χ0n) is 15.1. The Morgan fingerprint density at radius 2 is 2.18 bits per heavy atom. The van der Waals surface area contributed by atoms with Gasteiger partial charge in [0.15, 0.2) is 22.5 Å². The Morgan fingerprint density at radius 3 is 3.00 bits per heavy atom. The van der Waals surface area contributed by atoms with Gasteiger partial charge >= 0.3 is 0 Å². The Balaban J connectivity index is 1.46. The second kappa shape index (κ2) is 8.26. The van der Waals surface area contributed by atoms with Gasteiger partial charge in [0.25, 0.3) is 0 Å². The number of Topliss-reactive ketones (excluding diaryl/α,β-unsaturated/α-hetero) is 1. The number of hydrogen-bond donors (Lipinski definition) is 0. The van der Waals surface area contributed by atoms with E-state index >= 15 is 0 Å². The molecule has 7 nitrogen and oxygen atoms in total. The molecule has 0 amide bonds. The van der Waals surface area contributed by atoms with Crippen LogP contribution in [0.1, 0.15) is 5.56 Å². The van der Waals surface area contributed by atoms with Crippen molar-refractivity contribution in [3.8, 4) is 22.9 Å². The van der Waals surface area contributed by atoms with Gasteiger partial charge < -0.3 is 9.47 Å². The summed E-state index contributed by atoms with van der Waals surface area (Å²) >= 11 is 1.36. The predicted molar refractivity (Wildman–Crippen MR) is 105 cm³/mol. The first-order valence-electron chi connectivity index (χ1n) is 8.72. The number of ketones is 1. The fourth-order valence-corrected chi connectivity index (χ4v) is 3.74. The van der Waals surface area contributed by atoms with Crippen molar-refractivity contribution >= 4 is 17.5 Å². The molecule has 1 aliphatic heterocycles. The molecule has 3 aromatic rings. The van der Waals surface area contributed by atoms with Gasteiger partial charge in [-0.05, 0) is 18.2 Å². The number of nitrogens with zero attached hydrogens (tertiary/aromatic N) is 4. The maximum Gasteiger partial charge on any atom is 0.231 e. The molecule has 0 bridgehead atoms. The molecule has 0 unspecified atom stereocenters. The van der Waals surface area contributed by atoms with Crippen LogP contribution in [0.15, 0.2) is 60.5 Å². The molecule has 2 aromatic heterocycles. The van der Waals surface area contributed by atoms with E-state index in [0.29, 0.717) is 29.0 Å². The topological polar surface area (TPSA) is 79.1 Å². The van der Waals surface area contributed by atoms with Crippen LogP contribution in [0.25, 0.3) is 11.4 Å². The van der Waals surface area contributed by atoms with E-state index in [2.05, 4.69) is 21.8 Å². The van der Waals surface area contributed by atoms with Gasteiger partial charge in [-0.15, -0.1) is 16.8 Å². The summed E-state index contributed by atoms with van der Waals surface area (Å²) < 4.78 is 12.8. The minimum absolute atomic E-state index is 0.0741. The first-order valence-corrected chi connectivity index (χ1v) is 9.71. The first-order chi connectivity index (χ1) is 13.8. The van der Waals surface area contributed by atoms with Crippen molar-refractivity contribution in [1.82, 2.24) is 19.7 Å². The normalized spacial score (nSPS) is 12.1. The summed E-state index contributed by atoms with van der Waals surface area (Å²) in [7, 11) is 0. The van der Waals surface area contributed by atoms with Gasteiger partial charge in [0.05, 0.1) is 5.75 Å². The number of carbonyl (C=O) groups is 1. The summed E-state index contributed by atoms with van der Waals surface area (Å²) in [6, 6.07) is 9.36. The molecule has 0 fully saturated rings. The van der Waals surface area contributed by atoms with Crippen molar-refractivity contribution < 1.29 is 14.3 Å². The van der Waals surface area contributed by atoms with Gasteiger partial charge in [0, 0.05) is 36.5 Å². The maximum atomic E-state index is 12.5. The lowest BCUT2D eigenvalue weighted by atomic mass is 10.1. The molecule has 0 spiro atoms. The molecular formula is C20H18N4O3S. The number of pyridine rings is 1. The van der Waals surface area contributed by atoms with Crippen molar-refractivity contribution in [3.63, 3.8) is 0 Å². The highest BCUT2D eigenvalue weighted by atomic mass is 32.2. The molecule has 28 heavy (non-hydrogen) atoms. The number of carbonyl (C=O) groups excluding carboxylic acids is 1. The summed E-state index contributed by atoms with van der Waals surface area (Å²) in [5, 5.41) is 9.19. The molecule has 0 radical (unpaired) electrons. The van der Waals surface area contributed by atoms with Crippen LogP contribution in [-0.4, -0.2) is 38.1 Å². The number of ether oxygens (including phenoxy) is 2. The Kier molecular flexibility index (Phi) is 5.38. The molecule has 8 heteroatoms. The summed E-state index contributed by atoms with van der Waals surface area (Å²) in [5.41, 5.74) is 1.70. The molecule has 3 heterocycles. The molecule has 0 N–H and O–H groups in total. The van der Waals surface area contributed by atoms with Gasteiger partial charge in [0.1, 0.15) is 5.78 Å². The van der Waals surface area contributed by atoms with Crippen LogP contribution in [-0.2, 0) is 17.8 Å². The van der Waals surface area contributed by atoms with Crippen LogP contribution in [0.3, 0.4) is 0 Å². The molecular weight excluding hydrogens is 376 g/mol. The summed E-state index contributed by atoms with van der Waals surface area (Å²) in [4.78, 5) is 16.7. The average molecular weight is 394 g/mol. The highest BCUT2D eigenvalue weighted by Gasteiger charge is 2.20. The van der Waals surface area contributed by atoms with Crippen LogP contribution < -0.4 is 9.47 Å². The lowest BCUT2D eigenvalue weighted by Crippen LogP contribution is -2.08. The molecule has 0 saturated heterocycles. The number of para-hydroxylation sites is 1. The van der Waals surface area contributed by atoms with Crippen molar-refractivity contribution in [2.45, 2.75) is 18.1 Å². The number of thioether (sulfide) groups is 1. The zero-order chi connectivity index (χ0) is 19.3. The molecule has 0 saturated carbocycles. The van der Waals surface area contributed by atoms with E-state index in [9.17, 15) is 4.79 Å². The Morgan fingerprint density at radius 1 is 1.25 bits per heavy atom. The molecule has 4 rings (SSSR count). The van der Waals surface area contributed by atoms with Crippen molar-refractivity contribution in [2.24, 2.45) is 0 Å². The fraction of sp³-hybridized carbons (Fsp3) is 0.200. The van der Waals surface area contributed by atoms with Crippen molar-refractivity contribution in [3.05, 3.63) is 60.9 Å². The van der Waals surface area contributed by atoms with Gasteiger partial charge in [-0.2, -0.15) is 0 Å². The van der Waals surface area contributed by atoms with Crippen molar-refractivity contribution in [2.75, 3.05) is 12.5 Å². The monoisotopic (exact) mass is 394 g/mol.